The molecule has 45 heavy (non-hydrogen) atoms. The van der Waals surface area contributed by atoms with Crippen molar-refractivity contribution in [2.75, 3.05) is 50.2 Å². The van der Waals surface area contributed by atoms with Crippen LogP contribution in [0.5, 0.6) is 11.5 Å². The number of rotatable bonds is 6. The van der Waals surface area contributed by atoms with Gasteiger partial charge in [0.15, 0.2) is 0 Å². The first kappa shape index (κ1) is 28.8. The number of anilines is 2. The molecule has 2 saturated heterocycles. The highest BCUT2D eigenvalue weighted by Crippen LogP contribution is 2.41. The molecule has 0 radical (unpaired) electrons. The molecule has 4 aliphatic rings. The zero-order chi connectivity index (χ0) is 31.2. The molecule has 1 N–H and O–H groups in total. The highest BCUT2D eigenvalue weighted by atomic mass is 16.5. The molecule has 0 aliphatic carbocycles. The summed E-state index contributed by atoms with van der Waals surface area (Å²) < 4.78 is 11.4. The van der Waals surface area contributed by atoms with Gasteiger partial charge in [0, 0.05) is 63.0 Å². The second kappa shape index (κ2) is 11.6. The Labute approximate surface area is 261 Å². The van der Waals surface area contributed by atoms with Gasteiger partial charge in [-0.1, -0.05) is 12.1 Å². The molecule has 0 spiro atoms. The third-order valence-electron chi connectivity index (χ3n) is 9.26. The van der Waals surface area contributed by atoms with Crippen LogP contribution in [-0.4, -0.2) is 85.9 Å². The van der Waals surface area contributed by atoms with Gasteiger partial charge in [0.2, 0.25) is 11.8 Å². The van der Waals surface area contributed by atoms with Gasteiger partial charge in [0.25, 0.3) is 11.8 Å². The van der Waals surface area contributed by atoms with Crippen LogP contribution in [0, 0.1) is 0 Å². The van der Waals surface area contributed by atoms with Gasteiger partial charge in [-0.3, -0.25) is 29.4 Å². The molecule has 11 heteroatoms. The zero-order valence-corrected chi connectivity index (χ0v) is 25.3. The number of carbonyl (C=O) groups is 4. The average Bonchev–Trinajstić information content (AvgIpc) is 3.37. The zero-order valence-electron chi connectivity index (χ0n) is 25.3. The number of methoxy groups -OCH3 is 1. The summed E-state index contributed by atoms with van der Waals surface area (Å²) in [5, 5.41) is 2.36. The number of ether oxygens (including phenoxy) is 2. The fourth-order valence-corrected chi connectivity index (χ4v) is 6.80. The maximum Gasteiger partial charge on any atom is 0.258 e. The van der Waals surface area contributed by atoms with Crippen LogP contribution in [-0.2, 0) is 22.7 Å². The molecule has 0 unspecified atom stereocenters. The quantitative estimate of drug-likeness (QED) is 0.425. The number of piperazine rings is 1. The topological polar surface area (TPSA) is 112 Å². The van der Waals surface area contributed by atoms with Crippen molar-refractivity contribution in [3.63, 3.8) is 0 Å². The minimum Gasteiger partial charge on any atom is -0.497 e. The lowest BCUT2D eigenvalue weighted by atomic mass is 10.0. The Kier molecular flexibility index (Phi) is 7.40. The number of nitrogens with one attached hydrogen (secondary N) is 1. The lowest BCUT2D eigenvalue weighted by Crippen LogP contribution is -2.56. The number of hydrogen-bond donors (Lipinski definition) is 1. The first-order valence-corrected chi connectivity index (χ1v) is 15.2. The van der Waals surface area contributed by atoms with Crippen LogP contribution in [0.1, 0.15) is 44.7 Å². The second-order valence-electron chi connectivity index (χ2n) is 12.0. The highest BCUT2D eigenvalue weighted by Gasteiger charge is 2.41. The van der Waals surface area contributed by atoms with Crippen molar-refractivity contribution in [3.05, 3.63) is 82.9 Å². The van der Waals surface area contributed by atoms with Crippen molar-refractivity contribution in [1.29, 1.82) is 0 Å². The summed E-state index contributed by atoms with van der Waals surface area (Å²) in [6.07, 6.45) is 0.563. The lowest BCUT2D eigenvalue weighted by Gasteiger charge is -2.45. The van der Waals surface area contributed by atoms with E-state index >= 15 is 0 Å². The van der Waals surface area contributed by atoms with E-state index in [9.17, 15) is 19.2 Å². The molecule has 3 aromatic carbocycles. The second-order valence-corrected chi connectivity index (χ2v) is 12.0. The Morgan fingerprint density at radius 1 is 1.04 bits per heavy atom. The predicted octanol–water partition coefficient (Wildman–Crippen LogP) is 2.82. The van der Waals surface area contributed by atoms with Gasteiger partial charge < -0.3 is 24.2 Å². The SMILES string of the molecule is COc1ccc(C(=O)N(C)c2cccc(CN3CCN4c5cc6c(cc5OC[C@@H]4C3)C(=O)N([C@H]3CCC(=O)NC3=O)C6)c2)cc1. The molecule has 4 heterocycles. The summed E-state index contributed by atoms with van der Waals surface area (Å²) in [6, 6.07) is 18.5. The van der Waals surface area contributed by atoms with E-state index in [1.807, 2.05) is 24.3 Å². The molecular formula is C34H35N5O6. The van der Waals surface area contributed by atoms with Gasteiger partial charge in [0.05, 0.1) is 18.8 Å². The van der Waals surface area contributed by atoms with Crippen LogP contribution in [0.4, 0.5) is 11.4 Å². The van der Waals surface area contributed by atoms with E-state index in [-0.39, 0.29) is 30.2 Å². The highest BCUT2D eigenvalue weighted by molar-refractivity contribution is 6.06. The normalized spacial score (nSPS) is 21.0. The molecule has 2 atom stereocenters. The largest absolute Gasteiger partial charge is 0.497 e. The molecule has 232 valence electrons. The summed E-state index contributed by atoms with van der Waals surface area (Å²) in [5.74, 6) is 0.402. The molecule has 4 amide bonds. The van der Waals surface area contributed by atoms with E-state index in [0.29, 0.717) is 42.2 Å². The number of amides is 4. The van der Waals surface area contributed by atoms with Crippen LogP contribution in [0.3, 0.4) is 0 Å². The molecule has 11 nitrogen and oxygen atoms in total. The van der Waals surface area contributed by atoms with E-state index in [2.05, 4.69) is 27.2 Å². The van der Waals surface area contributed by atoms with Crippen LogP contribution >= 0.6 is 0 Å². The van der Waals surface area contributed by atoms with Crippen molar-refractivity contribution >= 4 is 35.0 Å². The smallest absolute Gasteiger partial charge is 0.258 e. The molecule has 0 aromatic heterocycles. The number of carbonyl (C=O) groups excluding carboxylic acids is 4. The number of fused-ring (bicyclic) bond motifs is 4. The minimum absolute atomic E-state index is 0.0881. The minimum atomic E-state index is -0.643. The average molecular weight is 610 g/mol. The van der Waals surface area contributed by atoms with Crippen LogP contribution in [0.25, 0.3) is 0 Å². The molecule has 4 aliphatic heterocycles. The van der Waals surface area contributed by atoms with E-state index in [1.54, 1.807) is 48.2 Å². The van der Waals surface area contributed by atoms with Crippen molar-refractivity contribution < 1.29 is 28.7 Å². The van der Waals surface area contributed by atoms with Gasteiger partial charge in [-0.15, -0.1) is 0 Å². The van der Waals surface area contributed by atoms with Crippen LogP contribution < -0.4 is 24.6 Å². The Morgan fingerprint density at radius 3 is 2.64 bits per heavy atom. The van der Waals surface area contributed by atoms with E-state index < -0.39 is 11.9 Å². The van der Waals surface area contributed by atoms with E-state index in [1.165, 1.54) is 0 Å². The summed E-state index contributed by atoms with van der Waals surface area (Å²) in [5.41, 5.74) is 4.96. The van der Waals surface area contributed by atoms with E-state index in [0.717, 1.165) is 48.7 Å². The van der Waals surface area contributed by atoms with Gasteiger partial charge in [-0.2, -0.15) is 0 Å². The summed E-state index contributed by atoms with van der Waals surface area (Å²) in [6.45, 7) is 4.05. The molecule has 0 bridgehead atoms. The van der Waals surface area contributed by atoms with Crippen molar-refractivity contribution in [2.24, 2.45) is 0 Å². The number of hydrogen-bond acceptors (Lipinski definition) is 8. The number of nitrogens with zero attached hydrogens (tertiary/aromatic N) is 4. The molecule has 7 rings (SSSR count). The van der Waals surface area contributed by atoms with Gasteiger partial charge >= 0.3 is 0 Å². The first-order valence-electron chi connectivity index (χ1n) is 15.2. The summed E-state index contributed by atoms with van der Waals surface area (Å²) >= 11 is 0. The standard InChI is InChI=1S/C34H35N5O6/c1-36(33(42)22-6-8-26(44-2)9-7-22)24-5-3-4-21(14-24)17-37-12-13-38-25(19-37)20-45-30-16-27-23(15-29(30)38)18-39(34(27)43)28-10-11-31(40)35-32(28)41/h3-9,14-16,25,28H,10-13,17-20H2,1-2H3,(H,35,40,41)/t25-,28-/m0/s1. The van der Waals surface area contributed by atoms with Crippen molar-refractivity contribution in [3.8, 4) is 11.5 Å². The summed E-state index contributed by atoms with van der Waals surface area (Å²) in [7, 11) is 3.39. The first-order chi connectivity index (χ1) is 21.8. The maximum atomic E-state index is 13.3. The van der Waals surface area contributed by atoms with Gasteiger partial charge in [0.1, 0.15) is 24.1 Å². The third kappa shape index (κ3) is 5.37. The molecular weight excluding hydrogens is 574 g/mol. The van der Waals surface area contributed by atoms with Gasteiger partial charge in [-0.25, -0.2) is 0 Å². The Balaban J connectivity index is 1.01. The number of piperidine rings is 1. The molecule has 3 aromatic rings. The Hall–Kier alpha value is -4.90. The fraction of sp³-hybridized carbons (Fsp3) is 0.353. The van der Waals surface area contributed by atoms with Crippen LogP contribution in [0.15, 0.2) is 60.7 Å². The Morgan fingerprint density at radius 2 is 1.87 bits per heavy atom. The predicted molar refractivity (Wildman–Crippen MR) is 167 cm³/mol. The third-order valence-corrected chi connectivity index (χ3v) is 9.26. The molecule has 2 fully saturated rings. The maximum absolute atomic E-state index is 13.3. The Bertz CT molecular complexity index is 1690. The van der Waals surface area contributed by atoms with E-state index in [4.69, 9.17) is 9.47 Å². The van der Waals surface area contributed by atoms with Crippen LogP contribution in [0.2, 0.25) is 0 Å². The van der Waals surface area contributed by atoms with Crippen molar-refractivity contribution in [1.82, 2.24) is 15.1 Å². The monoisotopic (exact) mass is 609 g/mol. The van der Waals surface area contributed by atoms with Gasteiger partial charge in [-0.05, 0) is 66.1 Å². The number of imide groups is 1. The molecule has 0 saturated carbocycles. The van der Waals surface area contributed by atoms with Crippen molar-refractivity contribution in [2.45, 2.75) is 38.0 Å². The summed E-state index contributed by atoms with van der Waals surface area (Å²) in [4.78, 5) is 58.5. The number of benzene rings is 3. The lowest BCUT2D eigenvalue weighted by molar-refractivity contribution is -0.136. The fourth-order valence-electron chi connectivity index (χ4n) is 6.80.